The maximum absolute atomic E-state index is 13.5. The Morgan fingerprint density at radius 1 is 0.958 bits per heavy atom. The quantitative estimate of drug-likeness (QED) is 0.0369. The molecule has 11 heteroatoms. The number of carbonyl (C=O) groups is 2. The van der Waals surface area contributed by atoms with Crippen molar-refractivity contribution in [3.05, 3.63) is 86.2 Å². The molecular formula is C37H38Cl2INO7. The van der Waals surface area contributed by atoms with Gasteiger partial charge in [0.2, 0.25) is 5.91 Å². The van der Waals surface area contributed by atoms with E-state index in [-0.39, 0.29) is 32.1 Å². The highest BCUT2D eigenvalue weighted by Crippen LogP contribution is 2.36. The Bertz CT molecular complexity index is 1740. The van der Waals surface area contributed by atoms with Gasteiger partial charge in [-0.25, -0.2) is 4.79 Å². The van der Waals surface area contributed by atoms with Crippen molar-refractivity contribution in [2.75, 3.05) is 38.6 Å². The van der Waals surface area contributed by atoms with Crippen molar-refractivity contribution in [2.24, 2.45) is 0 Å². The zero-order valence-electron chi connectivity index (χ0n) is 26.7. The van der Waals surface area contributed by atoms with Crippen molar-refractivity contribution in [3.8, 4) is 29.1 Å². The molecule has 8 nitrogen and oxygen atoms in total. The first-order valence-corrected chi connectivity index (χ1v) is 17.9. The lowest BCUT2D eigenvalue weighted by Crippen LogP contribution is -2.27. The fraction of sp³-hybridized carbons (Fsp3) is 0.351. The predicted octanol–water partition coefficient (Wildman–Crippen LogP) is 7.82. The lowest BCUT2D eigenvalue weighted by atomic mass is 10.1. The van der Waals surface area contributed by atoms with Gasteiger partial charge in [0.15, 0.2) is 5.75 Å². The van der Waals surface area contributed by atoms with Gasteiger partial charge in [0.1, 0.15) is 28.4 Å². The normalized spacial score (nSPS) is 10.8. The van der Waals surface area contributed by atoms with Crippen LogP contribution in [0, 0.1) is 15.4 Å². The van der Waals surface area contributed by atoms with Crippen LogP contribution in [0.1, 0.15) is 58.5 Å². The number of unbranched alkanes of at least 4 members (excludes halogenated alkanes) is 1. The average Bonchev–Trinajstić information content (AvgIpc) is 3.46. The summed E-state index contributed by atoms with van der Waals surface area (Å²) < 4.78 is 24.3. The average molecular weight is 807 g/mol. The summed E-state index contributed by atoms with van der Waals surface area (Å²) in [6, 6.07) is 16.8. The first kappa shape index (κ1) is 37.4. The van der Waals surface area contributed by atoms with Crippen LogP contribution in [0.4, 0.5) is 0 Å². The Kier molecular flexibility index (Phi) is 15.2. The van der Waals surface area contributed by atoms with E-state index in [0.717, 1.165) is 33.3 Å². The molecule has 2 N–H and O–H groups in total. The molecule has 4 aromatic rings. The summed E-state index contributed by atoms with van der Waals surface area (Å²) in [5, 5.41) is 12.3. The van der Waals surface area contributed by atoms with Crippen LogP contribution in [0.2, 0.25) is 0 Å². The number of furan rings is 1. The number of nitrogens with one attached hydrogen (secondary N) is 1. The molecule has 0 aliphatic rings. The third-order valence-corrected chi connectivity index (χ3v) is 8.59. The molecule has 1 heterocycles. The maximum atomic E-state index is 13.5. The minimum Gasteiger partial charge on any atom is -0.497 e. The van der Waals surface area contributed by atoms with E-state index in [9.17, 15) is 9.59 Å². The van der Waals surface area contributed by atoms with E-state index < -0.39 is 5.97 Å². The largest absolute Gasteiger partial charge is 0.497 e. The molecule has 0 atom stereocenters. The number of amides is 1. The number of alkyl halides is 2. The Hall–Kier alpha value is -3.43. The molecule has 0 saturated heterocycles. The fourth-order valence-corrected chi connectivity index (χ4v) is 6.01. The van der Waals surface area contributed by atoms with Gasteiger partial charge in [-0.15, -0.1) is 23.2 Å². The number of benzene rings is 3. The second-order valence-electron chi connectivity index (χ2n) is 10.8. The Morgan fingerprint density at radius 3 is 2.46 bits per heavy atom. The first-order valence-electron chi connectivity index (χ1n) is 15.7. The van der Waals surface area contributed by atoms with Crippen LogP contribution >= 0.6 is 45.8 Å². The number of methoxy groups -OCH3 is 1. The van der Waals surface area contributed by atoms with E-state index in [2.05, 4.69) is 39.7 Å². The van der Waals surface area contributed by atoms with Gasteiger partial charge < -0.3 is 29.1 Å². The highest BCUT2D eigenvalue weighted by molar-refractivity contribution is 14.1. The number of hydrogen-bond donors (Lipinski definition) is 2. The Balaban J connectivity index is 1.58. The number of carbonyl (C=O) groups excluding carboxylic acids is 2. The smallest absolute Gasteiger partial charge is 0.342 e. The molecule has 0 bridgehead atoms. The molecule has 4 rings (SSSR count). The van der Waals surface area contributed by atoms with Gasteiger partial charge in [-0.1, -0.05) is 24.0 Å². The van der Waals surface area contributed by atoms with Gasteiger partial charge in [-0.2, -0.15) is 0 Å². The van der Waals surface area contributed by atoms with Crippen LogP contribution in [0.15, 0.2) is 59.0 Å². The van der Waals surface area contributed by atoms with Crippen molar-refractivity contribution >= 4 is 68.6 Å². The van der Waals surface area contributed by atoms with Crippen LogP contribution in [-0.4, -0.2) is 55.6 Å². The molecule has 0 saturated carbocycles. The molecule has 1 aromatic heterocycles. The number of hydrogen-bond acceptors (Lipinski definition) is 7. The molecule has 1 amide bonds. The van der Waals surface area contributed by atoms with E-state index >= 15 is 0 Å². The van der Waals surface area contributed by atoms with Crippen LogP contribution < -0.4 is 14.8 Å². The number of aliphatic hydroxyl groups is 1. The zero-order chi connectivity index (χ0) is 34.3. The number of halogens is 3. The van der Waals surface area contributed by atoms with Crippen molar-refractivity contribution in [2.45, 2.75) is 44.9 Å². The molecular weight excluding hydrogens is 768 g/mol. The van der Waals surface area contributed by atoms with Gasteiger partial charge >= 0.3 is 5.97 Å². The van der Waals surface area contributed by atoms with Crippen LogP contribution in [-0.2, 0) is 28.8 Å². The molecule has 0 fully saturated rings. The molecule has 48 heavy (non-hydrogen) atoms. The minimum atomic E-state index is -0.463. The number of esters is 1. The molecule has 254 valence electrons. The van der Waals surface area contributed by atoms with Gasteiger partial charge in [0, 0.05) is 36.5 Å². The monoisotopic (exact) mass is 805 g/mol. The summed E-state index contributed by atoms with van der Waals surface area (Å²) in [5.74, 6) is 8.92. The van der Waals surface area contributed by atoms with Crippen LogP contribution in [0.3, 0.4) is 0 Å². The molecule has 0 aliphatic carbocycles. The molecule has 0 unspecified atom stereocenters. The highest BCUT2D eigenvalue weighted by atomic mass is 127. The lowest BCUT2D eigenvalue weighted by Gasteiger charge is -2.13. The topological polar surface area (TPSA) is 107 Å². The SMILES string of the molecule is COc1ccc(CCCOC(=O)c2c(CCCCl)oc3ccc(Oc4c(I)cc(CC(=O)NCCO)cc4C#CCCCCl)cc23)cc1. The molecule has 0 spiro atoms. The number of aryl methyl sites for hydroxylation is 2. The van der Waals surface area contributed by atoms with E-state index in [1.54, 1.807) is 25.3 Å². The summed E-state index contributed by atoms with van der Waals surface area (Å²) in [4.78, 5) is 25.8. The summed E-state index contributed by atoms with van der Waals surface area (Å²) >= 11 is 14.0. The summed E-state index contributed by atoms with van der Waals surface area (Å²) in [7, 11) is 1.63. The van der Waals surface area contributed by atoms with Gasteiger partial charge in [0.05, 0.1) is 35.9 Å². The van der Waals surface area contributed by atoms with Gasteiger partial charge in [0.25, 0.3) is 0 Å². The highest BCUT2D eigenvalue weighted by Gasteiger charge is 2.23. The number of ether oxygens (including phenoxy) is 3. The van der Waals surface area contributed by atoms with Crippen molar-refractivity contribution in [1.82, 2.24) is 5.32 Å². The molecule has 0 radical (unpaired) electrons. The Morgan fingerprint density at radius 2 is 1.73 bits per heavy atom. The van der Waals surface area contributed by atoms with Crippen molar-refractivity contribution in [1.29, 1.82) is 0 Å². The number of aliphatic hydroxyl groups excluding tert-OH is 1. The first-order chi connectivity index (χ1) is 23.4. The summed E-state index contributed by atoms with van der Waals surface area (Å²) in [5.41, 5.74) is 3.41. The number of fused-ring (bicyclic) bond motifs is 1. The van der Waals surface area contributed by atoms with Gasteiger partial charge in [-0.05, 0) is 102 Å². The third-order valence-electron chi connectivity index (χ3n) is 7.26. The second-order valence-corrected chi connectivity index (χ2v) is 12.8. The van der Waals surface area contributed by atoms with Gasteiger partial charge in [-0.3, -0.25) is 4.79 Å². The summed E-state index contributed by atoms with van der Waals surface area (Å²) in [6.07, 6.45) is 4.01. The van der Waals surface area contributed by atoms with Crippen molar-refractivity contribution < 1.29 is 33.3 Å². The summed E-state index contributed by atoms with van der Waals surface area (Å²) in [6.45, 7) is 0.301. The molecule has 3 aromatic carbocycles. The lowest BCUT2D eigenvalue weighted by molar-refractivity contribution is -0.120. The maximum Gasteiger partial charge on any atom is 0.342 e. The predicted molar refractivity (Wildman–Crippen MR) is 197 cm³/mol. The van der Waals surface area contributed by atoms with E-state index in [4.69, 9.17) is 46.9 Å². The Labute approximate surface area is 304 Å². The molecule has 0 aliphatic heterocycles. The van der Waals surface area contributed by atoms with Crippen LogP contribution in [0.25, 0.3) is 11.0 Å². The van der Waals surface area contributed by atoms with Crippen molar-refractivity contribution in [3.63, 3.8) is 0 Å². The third kappa shape index (κ3) is 10.8. The fourth-order valence-electron chi connectivity index (χ4n) is 4.95. The second kappa shape index (κ2) is 19.5. The zero-order valence-corrected chi connectivity index (χ0v) is 30.4. The van der Waals surface area contributed by atoms with E-state index in [1.165, 1.54) is 0 Å². The van der Waals surface area contributed by atoms with E-state index in [1.807, 2.05) is 36.4 Å². The minimum absolute atomic E-state index is 0.129. The van der Waals surface area contributed by atoms with Crippen LogP contribution in [0.5, 0.6) is 17.2 Å². The number of rotatable bonds is 17. The standard InChI is InChI=1S/C37H38Cl2INO7/c1-45-28-12-10-25(11-13-28)7-6-20-46-37(44)35-30-24-29(14-15-32(30)48-33(35)9-5-17-39)47-36-27(8-3-2-4-16-38)21-26(22-31(36)40)23-34(43)41-18-19-42/h10-15,21-22,24,42H,2,4-7,9,16-20,23H2,1H3,(H,41,43). The van der Waals surface area contributed by atoms with E-state index in [0.29, 0.717) is 76.8 Å².